The second-order valence-electron chi connectivity index (χ2n) is 4.09. The molecule has 0 unspecified atom stereocenters. The molecule has 0 fully saturated rings. The highest BCUT2D eigenvalue weighted by atomic mass is 19.1. The van der Waals surface area contributed by atoms with Crippen molar-refractivity contribution < 1.29 is 13.9 Å². The predicted molar refractivity (Wildman–Crippen MR) is 72.0 cm³/mol. The molecule has 0 aliphatic rings. The number of rotatable bonds is 10. The number of ether oxygens (including phenoxy) is 2. The third-order valence-electron chi connectivity index (χ3n) is 2.35. The van der Waals surface area contributed by atoms with Gasteiger partial charge < -0.3 is 14.8 Å². The molecule has 0 spiro atoms. The van der Waals surface area contributed by atoms with Crippen LogP contribution in [0.25, 0.3) is 0 Å². The Hall–Kier alpha value is -1.43. The number of hydrogen-bond acceptors (Lipinski definition) is 5. The molecule has 0 atom stereocenters. The summed E-state index contributed by atoms with van der Waals surface area (Å²) in [5.41, 5.74) is 0. The van der Waals surface area contributed by atoms with E-state index < -0.39 is 5.82 Å². The van der Waals surface area contributed by atoms with Gasteiger partial charge in [-0.1, -0.05) is 20.3 Å². The second kappa shape index (κ2) is 9.49. The Labute approximate surface area is 113 Å². The van der Waals surface area contributed by atoms with E-state index >= 15 is 0 Å². The molecular formula is C13H22FN3O2. The Morgan fingerprint density at radius 3 is 2.79 bits per heavy atom. The highest BCUT2D eigenvalue weighted by Gasteiger charge is 2.07. The van der Waals surface area contributed by atoms with E-state index in [4.69, 9.17) is 9.47 Å². The Kier molecular flexibility index (Phi) is 7.81. The van der Waals surface area contributed by atoms with Crippen LogP contribution in [0.2, 0.25) is 0 Å². The Morgan fingerprint density at radius 1 is 1.21 bits per heavy atom. The lowest BCUT2D eigenvalue weighted by molar-refractivity contribution is 0.0949. The van der Waals surface area contributed by atoms with Gasteiger partial charge in [-0.25, -0.2) is 4.98 Å². The van der Waals surface area contributed by atoms with Crippen molar-refractivity contribution in [3.8, 4) is 5.88 Å². The van der Waals surface area contributed by atoms with Crippen molar-refractivity contribution in [1.29, 1.82) is 0 Å². The van der Waals surface area contributed by atoms with Gasteiger partial charge >= 0.3 is 0 Å². The van der Waals surface area contributed by atoms with Crippen LogP contribution in [0.3, 0.4) is 0 Å². The first kappa shape index (κ1) is 15.6. The predicted octanol–water partition coefficient (Wildman–Crippen LogP) is 2.63. The molecule has 0 saturated heterocycles. The number of nitrogens with one attached hydrogen (secondary N) is 1. The lowest BCUT2D eigenvalue weighted by Crippen LogP contribution is -2.11. The second-order valence-corrected chi connectivity index (χ2v) is 4.09. The van der Waals surface area contributed by atoms with E-state index in [1.54, 1.807) is 0 Å². The standard InChI is InChI=1S/C13H22FN3O2/c1-3-5-7-18-8-9-19-12-11(14)10-16-13(17-12)15-6-4-2/h10H,3-9H2,1-2H3,(H,15,16,17). The minimum atomic E-state index is -0.560. The number of unbranched alkanes of at least 4 members (excludes halogenated alkanes) is 1. The van der Waals surface area contributed by atoms with Crippen molar-refractivity contribution in [2.24, 2.45) is 0 Å². The van der Waals surface area contributed by atoms with Crippen LogP contribution in [-0.2, 0) is 4.74 Å². The first-order chi connectivity index (χ1) is 9.27. The summed E-state index contributed by atoms with van der Waals surface area (Å²) in [7, 11) is 0. The van der Waals surface area contributed by atoms with E-state index in [1.165, 1.54) is 0 Å². The van der Waals surface area contributed by atoms with E-state index in [2.05, 4.69) is 22.2 Å². The summed E-state index contributed by atoms with van der Waals surface area (Å²) in [5.74, 6) is -0.214. The van der Waals surface area contributed by atoms with E-state index in [9.17, 15) is 4.39 Å². The molecular weight excluding hydrogens is 249 g/mol. The van der Waals surface area contributed by atoms with Crippen LogP contribution in [0.1, 0.15) is 33.1 Å². The molecule has 108 valence electrons. The van der Waals surface area contributed by atoms with Gasteiger partial charge in [0, 0.05) is 13.2 Å². The average molecular weight is 271 g/mol. The lowest BCUT2D eigenvalue weighted by Gasteiger charge is -2.08. The summed E-state index contributed by atoms with van der Waals surface area (Å²) in [4.78, 5) is 7.81. The average Bonchev–Trinajstić information content (AvgIpc) is 2.43. The first-order valence-electron chi connectivity index (χ1n) is 6.74. The topological polar surface area (TPSA) is 56.3 Å². The Balaban J connectivity index is 2.34. The minimum absolute atomic E-state index is 0.0345. The molecule has 0 radical (unpaired) electrons. The van der Waals surface area contributed by atoms with E-state index in [1.807, 2.05) is 6.92 Å². The van der Waals surface area contributed by atoms with Crippen molar-refractivity contribution in [2.75, 3.05) is 31.7 Å². The highest BCUT2D eigenvalue weighted by Crippen LogP contribution is 2.14. The zero-order valence-electron chi connectivity index (χ0n) is 11.6. The molecule has 1 aromatic heterocycles. The summed E-state index contributed by atoms with van der Waals surface area (Å²) in [5, 5.41) is 2.98. The van der Waals surface area contributed by atoms with Gasteiger partial charge in [-0.2, -0.15) is 9.37 Å². The van der Waals surface area contributed by atoms with Crippen LogP contribution < -0.4 is 10.1 Å². The molecule has 6 heteroatoms. The summed E-state index contributed by atoms with van der Waals surface area (Å²) in [6.45, 7) is 6.29. The summed E-state index contributed by atoms with van der Waals surface area (Å²) < 4.78 is 24.0. The third-order valence-corrected chi connectivity index (χ3v) is 2.35. The maximum atomic E-state index is 13.4. The zero-order chi connectivity index (χ0) is 13.9. The Morgan fingerprint density at radius 2 is 2.05 bits per heavy atom. The highest BCUT2D eigenvalue weighted by molar-refractivity contribution is 5.28. The molecule has 0 amide bonds. The monoisotopic (exact) mass is 271 g/mol. The summed E-state index contributed by atoms with van der Waals surface area (Å²) in [6, 6.07) is 0. The van der Waals surface area contributed by atoms with Gasteiger partial charge in [0.25, 0.3) is 5.88 Å². The smallest absolute Gasteiger partial charge is 0.255 e. The zero-order valence-corrected chi connectivity index (χ0v) is 11.6. The summed E-state index contributed by atoms with van der Waals surface area (Å²) >= 11 is 0. The maximum Gasteiger partial charge on any atom is 0.255 e. The molecule has 1 aromatic rings. The number of nitrogens with zero attached hydrogens (tertiary/aromatic N) is 2. The normalized spacial score (nSPS) is 10.5. The fraction of sp³-hybridized carbons (Fsp3) is 0.692. The third kappa shape index (κ3) is 6.33. The fourth-order valence-corrected chi connectivity index (χ4v) is 1.32. The van der Waals surface area contributed by atoms with Crippen LogP contribution in [0.15, 0.2) is 6.20 Å². The van der Waals surface area contributed by atoms with E-state index in [-0.39, 0.29) is 12.5 Å². The number of aromatic nitrogens is 2. The fourth-order valence-electron chi connectivity index (χ4n) is 1.32. The number of hydrogen-bond donors (Lipinski definition) is 1. The maximum absolute atomic E-state index is 13.4. The molecule has 1 heterocycles. The van der Waals surface area contributed by atoms with Gasteiger partial charge in [-0.3, -0.25) is 0 Å². The van der Waals surface area contributed by atoms with Crippen LogP contribution in [0.4, 0.5) is 10.3 Å². The van der Waals surface area contributed by atoms with Crippen molar-refractivity contribution in [3.05, 3.63) is 12.0 Å². The largest absolute Gasteiger partial charge is 0.473 e. The molecule has 19 heavy (non-hydrogen) atoms. The quantitative estimate of drug-likeness (QED) is 0.663. The van der Waals surface area contributed by atoms with E-state index in [0.717, 1.165) is 32.0 Å². The minimum Gasteiger partial charge on any atom is -0.473 e. The van der Waals surface area contributed by atoms with Crippen LogP contribution >= 0.6 is 0 Å². The van der Waals surface area contributed by atoms with Crippen LogP contribution in [0, 0.1) is 5.82 Å². The van der Waals surface area contributed by atoms with Gasteiger partial charge in [-0.05, 0) is 12.8 Å². The van der Waals surface area contributed by atoms with Crippen molar-refractivity contribution in [3.63, 3.8) is 0 Å². The molecule has 1 rings (SSSR count). The summed E-state index contributed by atoms with van der Waals surface area (Å²) in [6.07, 6.45) is 4.17. The van der Waals surface area contributed by atoms with Crippen molar-refractivity contribution in [1.82, 2.24) is 9.97 Å². The molecule has 0 aliphatic carbocycles. The van der Waals surface area contributed by atoms with Gasteiger partial charge in [0.1, 0.15) is 6.61 Å². The van der Waals surface area contributed by atoms with Gasteiger partial charge in [0.2, 0.25) is 11.8 Å². The number of anilines is 1. The van der Waals surface area contributed by atoms with Crippen molar-refractivity contribution >= 4 is 5.95 Å². The van der Waals surface area contributed by atoms with Crippen LogP contribution in [-0.4, -0.2) is 36.3 Å². The Bertz CT molecular complexity index is 364. The van der Waals surface area contributed by atoms with Gasteiger partial charge in [0.15, 0.2) is 0 Å². The van der Waals surface area contributed by atoms with Gasteiger partial charge in [0.05, 0.1) is 12.8 Å². The molecule has 0 aliphatic heterocycles. The van der Waals surface area contributed by atoms with Gasteiger partial charge in [-0.15, -0.1) is 0 Å². The molecule has 0 bridgehead atoms. The molecule has 0 aromatic carbocycles. The molecule has 1 N–H and O–H groups in total. The van der Waals surface area contributed by atoms with Crippen LogP contribution in [0.5, 0.6) is 5.88 Å². The van der Waals surface area contributed by atoms with E-state index in [0.29, 0.717) is 19.2 Å². The SMILES string of the molecule is CCCCOCCOc1nc(NCCC)ncc1F. The lowest BCUT2D eigenvalue weighted by atomic mass is 10.4. The first-order valence-corrected chi connectivity index (χ1v) is 6.74. The molecule has 0 saturated carbocycles. The number of halogens is 1. The molecule has 5 nitrogen and oxygen atoms in total. The van der Waals surface area contributed by atoms with Crippen molar-refractivity contribution in [2.45, 2.75) is 33.1 Å².